The number of nitrogens with one attached hydrogen (secondary N) is 1. The van der Waals surface area contributed by atoms with Crippen molar-refractivity contribution >= 4 is 31.8 Å². The van der Waals surface area contributed by atoms with Crippen LogP contribution < -0.4 is 5.32 Å². The zero-order valence-corrected chi connectivity index (χ0v) is 13.9. The molecule has 1 N–H and O–H groups in total. The molecule has 0 saturated carbocycles. The zero-order valence-electron chi connectivity index (χ0n) is 11.5. The molecule has 0 radical (unpaired) electrons. The van der Waals surface area contributed by atoms with Crippen molar-refractivity contribution in [1.29, 1.82) is 0 Å². The fraction of sp³-hybridized carbons (Fsp3) is 0.583. The minimum Gasteiger partial charge on any atom is -0.370 e. The molecule has 7 heteroatoms. The van der Waals surface area contributed by atoms with Gasteiger partial charge in [-0.15, -0.1) is 0 Å². The molecule has 0 spiro atoms. The van der Waals surface area contributed by atoms with E-state index in [4.69, 9.17) is 0 Å². The van der Waals surface area contributed by atoms with E-state index in [2.05, 4.69) is 26.2 Å². The number of anilines is 1. The minimum absolute atomic E-state index is 0.143. The van der Waals surface area contributed by atoms with Crippen molar-refractivity contribution in [3.05, 3.63) is 22.3 Å². The molecule has 108 valence electrons. The summed E-state index contributed by atoms with van der Waals surface area (Å²) in [5.74, 6) is 0.980. The molecular weight excluding hydrogens is 330 g/mol. The van der Waals surface area contributed by atoms with Gasteiger partial charge in [0.2, 0.25) is 10.0 Å². The van der Waals surface area contributed by atoms with Crippen molar-refractivity contribution in [1.82, 2.24) is 9.29 Å². The molecule has 0 atom stereocenters. The van der Waals surface area contributed by atoms with Crippen LogP contribution in [-0.2, 0) is 10.0 Å². The average molecular weight is 350 g/mol. The predicted octanol–water partition coefficient (Wildman–Crippen LogP) is 2.24. The van der Waals surface area contributed by atoms with Gasteiger partial charge in [0.25, 0.3) is 0 Å². The molecular formula is C12H20BrN3O2S. The second kappa shape index (κ2) is 7.21. The van der Waals surface area contributed by atoms with Crippen LogP contribution >= 0.6 is 15.9 Å². The molecule has 1 aromatic heterocycles. The third kappa shape index (κ3) is 5.08. The van der Waals surface area contributed by atoms with Gasteiger partial charge in [-0.05, 0) is 47.8 Å². The third-order valence-electron chi connectivity index (χ3n) is 2.83. The Labute approximate surface area is 123 Å². The summed E-state index contributed by atoms with van der Waals surface area (Å²) in [6.07, 6.45) is 2.48. The first-order valence-electron chi connectivity index (χ1n) is 6.17. The smallest absolute Gasteiger partial charge is 0.213 e. The number of pyridine rings is 1. The summed E-state index contributed by atoms with van der Waals surface area (Å²) in [5, 5.41) is 3.21. The van der Waals surface area contributed by atoms with E-state index in [0.29, 0.717) is 13.1 Å². The highest BCUT2D eigenvalue weighted by Gasteiger charge is 2.13. The fourth-order valence-corrected chi connectivity index (χ4v) is 2.89. The molecule has 5 nitrogen and oxygen atoms in total. The van der Waals surface area contributed by atoms with Gasteiger partial charge in [0.1, 0.15) is 5.82 Å². The Morgan fingerprint density at radius 2 is 2.16 bits per heavy atom. The Hall–Kier alpha value is -0.660. The van der Waals surface area contributed by atoms with Crippen LogP contribution in [0.4, 0.5) is 5.82 Å². The maximum absolute atomic E-state index is 11.5. The van der Waals surface area contributed by atoms with Gasteiger partial charge in [0, 0.05) is 30.8 Å². The van der Waals surface area contributed by atoms with Gasteiger partial charge in [-0.1, -0.05) is 0 Å². The molecule has 0 unspecified atom stereocenters. The number of hydrogen-bond acceptors (Lipinski definition) is 4. The largest absolute Gasteiger partial charge is 0.370 e. The lowest BCUT2D eigenvalue weighted by molar-refractivity contribution is 0.466. The third-order valence-corrected chi connectivity index (χ3v) is 5.12. The molecule has 0 aliphatic heterocycles. The van der Waals surface area contributed by atoms with Gasteiger partial charge in [0.05, 0.1) is 5.75 Å². The Balaban J connectivity index is 2.39. The highest BCUT2D eigenvalue weighted by molar-refractivity contribution is 9.10. The Kier molecular flexibility index (Phi) is 6.22. The van der Waals surface area contributed by atoms with Crippen LogP contribution in [-0.4, -0.2) is 43.6 Å². The van der Waals surface area contributed by atoms with E-state index in [1.165, 1.54) is 4.31 Å². The number of hydrogen-bond donors (Lipinski definition) is 1. The SMILES string of the molecule is CCS(=O)(=O)N(C)CCCNc1ncc(Br)cc1C. The van der Waals surface area contributed by atoms with E-state index in [0.717, 1.165) is 22.3 Å². The summed E-state index contributed by atoms with van der Waals surface area (Å²) in [6, 6.07) is 1.99. The van der Waals surface area contributed by atoms with E-state index in [9.17, 15) is 8.42 Å². The standard InChI is InChI=1S/C12H20BrN3O2S/c1-4-19(17,18)16(3)7-5-6-14-12-10(2)8-11(13)9-15-12/h8-9H,4-7H2,1-3H3,(H,14,15). The van der Waals surface area contributed by atoms with E-state index in [1.54, 1.807) is 20.2 Å². The molecule has 1 heterocycles. The first kappa shape index (κ1) is 16.4. The lowest BCUT2D eigenvalue weighted by Crippen LogP contribution is -2.30. The summed E-state index contributed by atoms with van der Waals surface area (Å²) >= 11 is 3.36. The highest BCUT2D eigenvalue weighted by atomic mass is 79.9. The summed E-state index contributed by atoms with van der Waals surface area (Å²) < 4.78 is 25.4. The van der Waals surface area contributed by atoms with E-state index >= 15 is 0 Å². The summed E-state index contributed by atoms with van der Waals surface area (Å²) in [4.78, 5) is 4.27. The van der Waals surface area contributed by atoms with Crippen LogP contribution in [0.1, 0.15) is 18.9 Å². The second-order valence-corrected chi connectivity index (χ2v) is 7.60. The molecule has 1 rings (SSSR count). The van der Waals surface area contributed by atoms with Crippen molar-refractivity contribution < 1.29 is 8.42 Å². The van der Waals surface area contributed by atoms with Crippen molar-refractivity contribution in [2.75, 3.05) is 31.2 Å². The molecule has 0 aliphatic carbocycles. The normalized spacial score (nSPS) is 11.8. The van der Waals surface area contributed by atoms with Crippen molar-refractivity contribution in [3.63, 3.8) is 0 Å². The number of sulfonamides is 1. The monoisotopic (exact) mass is 349 g/mol. The van der Waals surface area contributed by atoms with Crippen LogP contribution in [0.2, 0.25) is 0 Å². The van der Waals surface area contributed by atoms with Crippen molar-refractivity contribution in [3.8, 4) is 0 Å². The van der Waals surface area contributed by atoms with Gasteiger partial charge in [0.15, 0.2) is 0 Å². The number of aromatic nitrogens is 1. The number of rotatable bonds is 7. The number of nitrogens with zero attached hydrogens (tertiary/aromatic N) is 2. The molecule has 0 fully saturated rings. The van der Waals surface area contributed by atoms with E-state index in [-0.39, 0.29) is 5.75 Å². The maximum atomic E-state index is 11.5. The lowest BCUT2D eigenvalue weighted by atomic mass is 10.3. The Morgan fingerprint density at radius 1 is 1.47 bits per heavy atom. The summed E-state index contributed by atoms with van der Waals surface area (Å²) in [5.41, 5.74) is 1.06. The quantitative estimate of drug-likeness (QED) is 0.766. The molecule has 0 saturated heterocycles. The van der Waals surface area contributed by atoms with Gasteiger partial charge in [-0.3, -0.25) is 0 Å². The summed E-state index contributed by atoms with van der Waals surface area (Å²) in [6.45, 7) is 4.84. The molecule has 0 aromatic carbocycles. The summed E-state index contributed by atoms with van der Waals surface area (Å²) in [7, 11) is -1.46. The van der Waals surface area contributed by atoms with E-state index < -0.39 is 10.0 Å². The number of aryl methyl sites for hydroxylation is 1. The van der Waals surface area contributed by atoms with Crippen LogP contribution in [0.25, 0.3) is 0 Å². The molecule has 19 heavy (non-hydrogen) atoms. The molecule has 0 aliphatic rings. The maximum Gasteiger partial charge on any atom is 0.213 e. The van der Waals surface area contributed by atoms with Crippen LogP contribution in [0.3, 0.4) is 0 Å². The van der Waals surface area contributed by atoms with Crippen molar-refractivity contribution in [2.45, 2.75) is 20.3 Å². The van der Waals surface area contributed by atoms with Gasteiger partial charge in [-0.2, -0.15) is 0 Å². The van der Waals surface area contributed by atoms with Crippen LogP contribution in [0.5, 0.6) is 0 Å². The van der Waals surface area contributed by atoms with Crippen LogP contribution in [0, 0.1) is 6.92 Å². The van der Waals surface area contributed by atoms with E-state index in [1.807, 2.05) is 13.0 Å². The van der Waals surface area contributed by atoms with Crippen LogP contribution in [0.15, 0.2) is 16.7 Å². The van der Waals surface area contributed by atoms with Crippen molar-refractivity contribution in [2.24, 2.45) is 0 Å². The Bertz CT molecular complexity index is 520. The topological polar surface area (TPSA) is 62.3 Å². The predicted molar refractivity (Wildman–Crippen MR) is 81.9 cm³/mol. The molecule has 1 aromatic rings. The first-order chi connectivity index (χ1) is 8.86. The van der Waals surface area contributed by atoms with Gasteiger partial charge >= 0.3 is 0 Å². The molecule has 0 amide bonds. The Morgan fingerprint density at radius 3 is 2.74 bits per heavy atom. The first-order valence-corrected chi connectivity index (χ1v) is 8.57. The second-order valence-electron chi connectivity index (χ2n) is 4.32. The lowest BCUT2D eigenvalue weighted by Gasteiger charge is -2.16. The number of halogens is 1. The zero-order chi connectivity index (χ0) is 14.5. The fourth-order valence-electron chi connectivity index (χ4n) is 1.59. The van der Waals surface area contributed by atoms with Gasteiger partial charge < -0.3 is 5.32 Å². The highest BCUT2D eigenvalue weighted by Crippen LogP contribution is 2.16. The van der Waals surface area contributed by atoms with Gasteiger partial charge in [-0.25, -0.2) is 17.7 Å². The molecule has 0 bridgehead atoms. The average Bonchev–Trinajstić information content (AvgIpc) is 2.36. The minimum atomic E-state index is -3.07.